The van der Waals surface area contributed by atoms with Gasteiger partial charge in [-0.3, -0.25) is 9.59 Å². The molecule has 4 rings (SSSR count). The minimum absolute atomic E-state index is 0.0366. The van der Waals surface area contributed by atoms with E-state index in [0.717, 1.165) is 44.2 Å². The van der Waals surface area contributed by atoms with E-state index in [1.807, 2.05) is 24.3 Å². The highest BCUT2D eigenvalue weighted by molar-refractivity contribution is 6.35. The molecule has 2 aliphatic rings. The summed E-state index contributed by atoms with van der Waals surface area (Å²) in [5.41, 5.74) is 1.15. The van der Waals surface area contributed by atoms with Gasteiger partial charge in [0.2, 0.25) is 11.8 Å². The fourth-order valence-corrected chi connectivity index (χ4v) is 4.68. The van der Waals surface area contributed by atoms with Crippen molar-refractivity contribution in [2.75, 3.05) is 31.5 Å². The number of hydrogen-bond donors (Lipinski definition) is 3. The smallest absolute Gasteiger partial charge is 0.245 e. The molecule has 0 radical (unpaired) electrons. The van der Waals surface area contributed by atoms with Crippen LogP contribution in [0, 0.1) is 22.7 Å². The number of allylic oxidation sites excluding steroid dienone is 1. The number of likely N-dealkylation sites (tertiary alicyclic amines) is 2. The van der Waals surface area contributed by atoms with Gasteiger partial charge in [-0.25, -0.2) is 0 Å². The lowest BCUT2D eigenvalue weighted by atomic mass is 10.1. The summed E-state index contributed by atoms with van der Waals surface area (Å²) in [6.45, 7) is 2.03. The maximum absolute atomic E-state index is 13.4. The van der Waals surface area contributed by atoms with Crippen molar-refractivity contribution in [1.82, 2.24) is 20.1 Å². The van der Waals surface area contributed by atoms with E-state index in [-0.39, 0.29) is 29.8 Å². The minimum Gasteiger partial charge on any atom is -0.358 e. The molecule has 9 nitrogen and oxygen atoms in total. The van der Waals surface area contributed by atoms with Gasteiger partial charge in [-0.2, -0.15) is 10.5 Å². The molecule has 2 aromatic rings. The van der Waals surface area contributed by atoms with Gasteiger partial charge in [0.25, 0.3) is 0 Å². The molecular weight excluding hydrogens is 454 g/mol. The van der Waals surface area contributed by atoms with Crippen LogP contribution in [0.25, 0.3) is 10.9 Å². The quantitative estimate of drug-likeness (QED) is 0.546. The molecule has 3 N–H and O–H groups in total. The summed E-state index contributed by atoms with van der Waals surface area (Å²) in [5, 5.41) is 26.7. The van der Waals surface area contributed by atoms with E-state index in [4.69, 9.17) is 11.6 Å². The van der Waals surface area contributed by atoms with Gasteiger partial charge in [0.1, 0.15) is 24.0 Å². The fraction of sp³-hybridized carbons (Fsp3) is 0.417. The number of carbonyl (C=O) groups excluding carboxylic acids is 2. The second kappa shape index (κ2) is 10.5. The van der Waals surface area contributed by atoms with E-state index in [9.17, 15) is 20.1 Å². The number of H-pyrrole nitrogens is 1. The zero-order valence-electron chi connectivity index (χ0n) is 18.7. The van der Waals surface area contributed by atoms with Crippen LogP contribution in [-0.4, -0.2) is 58.8 Å². The number of para-hydroxylation sites is 1. The lowest BCUT2D eigenvalue weighted by molar-refractivity contribution is -0.140. The number of aromatic amines is 1. The van der Waals surface area contributed by atoms with Gasteiger partial charge in [0.15, 0.2) is 5.57 Å². The molecule has 1 aromatic heterocycles. The van der Waals surface area contributed by atoms with E-state index < -0.39 is 6.04 Å². The number of nitriles is 2. The molecule has 1 aromatic carbocycles. The SMILES string of the molecule is N#CC(C#N)=C(Nc1cccc2c(Cl)c[nH]c12)N[C@H]1CCCCN(CC(=O)N2CCCC2)C1=O. The number of rotatable bonds is 6. The second-order valence-electron chi connectivity index (χ2n) is 8.50. The van der Waals surface area contributed by atoms with E-state index in [0.29, 0.717) is 29.2 Å². The van der Waals surface area contributed by atoms with E-state index in [1.165, 1.54) is 0 Å². The normalized spacial score (nSPS) is 18.2. The first-order valence-corrected chi connectivity index (χ1v) is 11.8. The molecule has 176 valence electrons. The van der Waals surface area contributed by atoms with E-state index in [1.54, 1.807) is 22.1 Å². The van der Waals surface area contributed by atoms with Gasteiger partial charge in [-0.15, -0.1) is 0 Å². The van der Waals surface area contributed by atoms with Crippen LogP contribution >= 0.6 is 11.6 Å². The summed E-state index contributed by atoms with van der Waals surface area (Å²) in [6, 6.07) is 8.58. The Morgan fingerprint density at radius 2 is 1.88 bits per heavy atom. The van der Waals surface area contributed by atoms with E-state index >= 15 is 0 Å². The second-order valence-corrected chi connectivity index (χ2v) is 8.91. The number of halogens is 1. The highest BCUT2D eigenvalue weighted by atomic mass is 35.5. The summed E-state index contributed by atoms with van der Waals surface area (Å²) in [6.07, 6.45) is 5.74. The zero-order valence-corrected chi connectivity index (χ0v) is 19.5. The Hall–Kier alpha value is -3.69. The van der Waals surface area contributed by atoms with Gasteiger partial charge < -0.3 is 25.4 Å². The molecule has 0 bridgehead atoms. The fourth-order valence-electron chi connectivity index (χ4n) is 4.47. The van der Waals surface area contributed by atoms with Crippen molar-refractivity contribution in [2.45, 2.75) is 38.1 Å². The summed E-state index contributed by atoms with van der Waals surface area (Å²) in [5.74, 6) is -0.0968. The van der Waals surface area contributed by atoms with Crippen LogP contribution in [-0.2, 0) is 9.59 Å². The Bertz CT molecular complexity index is 1180. The number of benzene rings is 1. The predicted octanol–water partition coefficient (Wildman–Crippen LogP) is 3.09. The Morgan fingerprint density at radius 3 is 2.62 bits per heavy atom. The van der Waals surface area contributed by atoms with Crippen LogP contribution in [0.5, 0.6) is 0 Å². The maximum Gasteiger partial charge on any atom is 0.245 e. The first kappa shape index (κ1) is 23.5. The van der Waals surface area contributed by atoms with Crippen molar-refractivity contribution in [3.8, 4) is 12.1 Å². The van der Waals surface area contributed by atoms with Crippen LogP contribution in [0.3, 0.4) is 0 Å². The van der Waals surface area contributed by atoms with Gasteiger partial charge in [-0.05, 0) is 38.2 Å². The van der Waals surface area contributed by atoms with Crippen molar-refractivity contribution in [3.63, 3.8) is 0 Å². The lowest BCUT2D eigenvalue weighted by Gasteiger charge is -2.27. The Kier molecular flexibility index (Phi) is 7.24. The molecule has 2 fully saturated rings. The summed E-state index contributed by atoms with van der Waals surface area (Å²) in [7, 11) is 0. The molecule has 0 spiro atoms. The van der Waals surface area contributed by atoms with Crippen molar-refractivity contribution >= 4 is 40.0 Å². The minimum atomic E-state index is -0.667. The standard InChI is InChI=1S/C24H26ClN7O2/c25-18-14-28-22-17(18)6-5-8-19(22)29-23(16(12-26)13-27)30-20-7-1-2-11-32(24(20)34)15-21(33)31-9-3-4-10-31/h5-6,8,14,20,28-30H,1-4,7,9-11,15H2/t20-/m0/s1. The average Bonchev–Trinajstić information content (AvgIpc) is 3.48. The Balaban J connectivity index is 1.56. The highest BCUT2D eigenvalue weighted by Gasteiger charge is 2.31. The Labute approximate surface area is 202 Å². The van der Waals surface area contributed by atoms with Crippen LogP contribution in [0.1, 0.15) is 32.1 Å². The molecule has 2 amide bonds. The average molecular weight is 480 g/mol. The number of amides is 2. The van der Waals surface area contributed by atoms with Crippen LogP contribution in [0.15, 0.2) is 35.8 Å². The maximum atomic E-state index is 13.4. The number of anilines is 1. The number of nitrogens with one attached hydrogen (secondary N) is 3. The number of hydrogen-bond acceptors (Lipinski definition) is 6. The van der Waals surface area contributed by atoms with Gasteiger partial charge in [-0.1, -0.05) is 23.7 Å². The molecule has 34 heavy (non-hydrogen) atoms. The van der Waals surface area contributed by atoms with Gasteiger partial charge in [0.05, 0.1) is 22.8 Å². The van der Waals surface area contributed by atoms with Crippen LogP contribution < -0.4 is 10.6 Å². The molecule has 2 saturated heterocycles. The van der Waals surface area contributed by atoms with Crippen LogP contribution in [0.4, 0.5) is 5.69 Å². The van der Waals surface area contributed by atoms with Crippen molar-refractivity contribution < 1.29 is 9.59 Å². The zero-order chi connectivity index (χ0) is 24.1. The third-order valence-corrected chi connectivity index (χ3v) is 6.60. The molecule has 0 saturated carbocycles. The molecule has 10 heteroatoms. The van der Waals surface area contributed by atoms with Crippen molar-refractivity contribution in [3.05, 3.63) is 40.8 Å². The summed E-state index contributed by atoms with van der Waals surface area (Å²) in [4.78, 5) is 32.5. The van der Waals surface area contributed by atoms with Crippen molar-refractivity contribution in [2.24, 2.45) is 0 Å². The number of aromatic nitrogens is 1. The number of nitrogens with zero attached hydrogens (tertiary/aromatic N) is 4. The Morgan fingerprint density at radius 1 is 1.15 bits per heavy atom. The van der Waals surface area contributed by atoms with Gasteiger partial charge in [0, 0.05) is 31.2 Å². The topological polar surface area (TPSA) is 128 Å². The largest absolute Gasteiger partial charge is 0.358 e. The first-order chi connectivity index (χ1) is 16.5. The monoisotopic (exact) mass is 479 g/mol. The molecule has 0 aliphatic carbocycles. The third kappa shape index (κ3) is 4.95. The molecule has 1 atom stereocenters. The first-order valence-electron chi connectivity index (χ1n) is 11.4. The highest BCUT2D eigenvalue weighted by Crippen LogP contribution is 2.29. The number of carbonyl (C=O) groups is 2. The van der Waals surface area contributed by atoms with Gasteiger partial charge >= 0.3 is 0 Å². The lowest BCUT2D eigenvalue weighted by Crippen LogP contribution is -2.49. The number of fused-ring (bicyclic) bond motifs is 1. The molecule has 0 unspecified atom stereocenters. The van der Waals surface area contributed by atoms with Crippen LogP contribution in [0.2, 0.25) is 5.02 Å². The van der Waals surface area contributed by atoms with E-state index in [2.05, 4.69) is 15.6 Å². The summed E-state index contributed by atoms with van der Waals surface area (Å²) < 4.78 is 0. The molecule has 2 aliphatic heterocycles. The predicted molar refractivity (Wildman–Crippen MR) is 128 cm³/mol. The molecular formula is C24H26ClN7O2. The summed E-state index contributed by atoms with van der Waals surface area (Å²) >= 11 is 6.22. The third-order valence-electron chi connectivity index (χ3n) is 6.28. The van der Waals surface area contributed by atoms with Crippen molar-refractivity contribution in [1.29, 1.82) is 10.5 Å². The molecule has 3 heterocycles.